The van der Waals surface area contributed by atoms with E-state index >= 15 is 0 Å². The lowest BCUT2D eigenvalue weighted by molar-refractivity contribution is 0.0957. The predicted octanol–water partition coefficient (Wildman–Crippen LogP) is 0.404. The monoisotopic (exact) mass is 228 g/mol. The summed E-state index contributed by atoms with van der Waals surface area (Å²) in [5.41, 5.74) is 12.3. The second-order valence-electron chi connectivity index (χ2n) is 3.69. The predicted molar refractivity (Wildman–Crippen MR) is 61.3 cm³/mol. The second-order valence-corrected chi connectivity index (χ2v) is 3.69. The number of hydrogen-bond acceptors (Lipinski definition) is 4. The Kier molecular flexibility index (Phi) is 1.79. The number of pyridine rings is 1. The van der Waals surface area contributed by atoms with Crippen molar-refractivity contribution >= 4 is 28.4 Å². The van der Waals surface area contributed by atoms with Crippen LogP contribution in [0.15, 0.2) is 24.4 Å². The number of hydrazine groups is 1. The van der Waals surface area contributed by atoms with E-state index < -0.39 is 5.91 Å². The van der Waals surface area contributed by atoms with Gasteiger partial charge in [0, 0.05) is 11.6 Å². The number of carbonyl (C=O) groups excluding carboxylic acids is 2. The van der Waals surface area contributed by atoms with Gasteiger partial charge in [-0.15, -0.1) is 0 Å². The molecule has 1 aliphatic heterocycles. The standard InChI is InChI=1S/C11H8N4O2/c12-10(16)6-4-13-7-3-1-2-5-8(7)9(6)14-15-11(5)17/h1-4,14H,(H2,12,16)(H,15,17). The van der Waals surface area contributed by atoms with E-state index in [2.05, 4.69) is 15.8 Å². The summed E-state index contributed by atoms with van der Waals surface area (Å²) in [5, 5.41) is 0.618. The van der Waals surface area contributed by atoms with E-state index in [9.17, 15) is 9.59 Å². The van der Waals surface area contributed by atoms with Crippen LogP contribution >= 0.6 is 0 Å². The van der Waals surface area contributed by atoms with Crippen molar-refractivity contribution in [1.29, 1.82) is 0 Å². The van der Waals surface area contributed by atoms with Crippen LogP contribution in [0.3, 0.4) is 0 Å². The van der Waals surface area contributed by atoms with Crippen molar-refractivity contribution < 1.29 is 9.59 Å². The molecule has 1 aliphatic rings. The highest BCUT2D eigenvalue weighted by Gasteiger charge is 2.22. The smallest absolute Gasteiger partial charge is 0.270 e. The zero-order chi connectivity index (χ0) is 12.0. The highest BCUT2D eigenvalue weighted by atomic mass is 16.2. The van der Waals surface area contributed by atoms with Gasteiger partial charge in [-0.1, -0.05) is 6.07 Å². The van der Waals surface area contributed by atoms with Gasteiger partial charge in [0.1, 0.15) is 0 Å². The normalized spacial score (nSPS) is 13.1. The van der Waals surface area contributed by atoms with Crippen LogP contribution in [0, 0.1) is 0 Å². The minimum Gasteiger partial charge on any atom is -0.365 e. The molecule has 0 fully saturated rings. The van der Waals surface area contributed by atoms with Crippen molar-refractivity contribution in [3.8, 4) is 0 Å². The molecule has 1 aromatic carbocycles. The summed E-state index contributed by atoms with van der Waals surface area (Å²) in [5.74, 6) is -0.848. The van der Waals surface area contributed by atoms with Crippen LogP contribution < -0.4 is 16.6 Å². The van der Waals surface area contributed by atoms with Crippen molar-refractivity contribution in [2.45, 2.75) is 0 Å². The molecule has 6 heteroatoms. The molecule has 17 heavy (non-hydrogen) atoms. The van der Waals surface area contributed by atoms with Crippen LogP contribution in [0.25, 0.3) is 10.9 Å². The van der Waals surface area contributed by atoms with Crippen LogP contribution in [0.4, 0.5) is 5.69 Å². The number of nitrogens with one attached hydrogen (secondary N) is 2. The lowest BCUT2D eigenvalue weighted by Gasteiger charge is -2.20. The minimum absolute atomic E-state index is 0.255. The van der Waals surface area contributed by atoms with Gasteiger partial charge in [-0.25, -0.2) is 0 Å². The number of primary amides is 1. The maximum Gasteiger partial charge on any atom is 0.270 e. The first kappa shape index (κ1) is 9.59. The third-order valence-corrected chi connectivity index (χ3v) is 2.71. The summed E-state index contributed by atoms with van der Waals surface area (Å²) < 4.78 is 0. The molecule has 0 saturated heterocycles. The fraction of sp³-hybridized carbons (Fsp3) is 0. The van der Waals surface area contributed by atoms with Gasteiger partial charge < -0.3 is 5.73 Å². The molecule has 0 radical (unpaired) electrons. The second kappa shape index (κ2) is 3.18. The number of anilines is 1. The Labute approximate surface area is 95.8 Å². The number of aromatic nitrogens is 1. The molecular formula is C11H8N4O2. The quantitative estimate of drug-likeness (QED) is 0.658. The zero-order valence-electron chi connectivity index (χ0n) is 8.65. The van der Waals surface area contributed by atoms with Gasteiger partial charge in [0.15, 0.2) is 0 Å². The molecule has 0 saturated carbocycles. The maximum absolute atomic E-state index is 11.6. The van der Waals surface area contributed by atoms with Gasteiger partial charge in [-0.2, -0.15) is 0 Å². The number of carbonyl (C=O) groups is 2. The molecule has 4 N–H and O–H groups in total. The lowest BCUT2D eigenvalue weighted by Crippen LogP contribution is -2.34. The SMILES string of the molecule is NC(=O)c1cnc2cccc3c2c1NNC3=O. The third-order valence-electron chi connectivity index (χ3n) is 2.71. The highest BCUT2D eigenvalue weighted by Crippen LogP contribution is 2.30. The summed E-state index contributed by atoms with van der Waals surface area (Å²) in [4.78, 5) is 27.0. The van der Waals surface area contributed by atoms with E-state index in [1.807, 2.05) is 0 Å². The molecule has 2 amide bonds. The number of rotatable bonds is 1. The van der Waals surface area contributed by atoms with E-state index in [0.29, 0.717) is 22.2 Å². The Hall–Kier alpha value is -2.63. The number of hydrogen-bond donors (Lipinski definition) is 3. The molecule has 1 aromatic heterocycles. The van der Waals surface area contributed by atoms with Gasteiger partial charge in [0.05, 0.1) is 22.3 Å². The summed E-state index contributed by atoms with van der Waals surface area (Å²) >= 11 is 0. The summed E-state index contributed by atoms with van der Waals surface area (Å²) in [7, 11) is 0. The van der Waals surface area contributed by atoms with Crippen molar-refractivity contribution in [3.05, 3.63) is 35.5 Å². The molecule has 0 aliphatic carbocycles. The van der Waals surface area contributed by atoms with Gasteiger partial charge in [0.2, 0.25) is 0 Å². The Morgan fingerprint density at radius 1 is 1.29 bits per heavy atom. The summed E-state index contributed by atoms with van der Waals surface area (Å²) in [6.07, 6.45) is 1.40. The van der Waals surface area contributed by atoms with Crippen molar-refractivity contribution in [1.82, 2.24) is 10.4 Å². The van der Waals surface area contributed by atoms with Crippen molar-refractivity contribution in [2.24, 2.45) is 5.73 Å². The van der Waals surface area contributed by atoms with E-state index in [1.165, 1.54) is 6.20 Å². The third kappa shape index (κ3) is 1.24. The minimum atomic E-state index is -0.590. The lowest BCUT2D eigenvalue weighted by atomic mass is 10.0. The van der Waals surface area contributed by atoms with E-state index in [0.717, 1.165) is 0 Å². The van der Waals surface area contributed by atoms with Gasteiger partial charge in [-0.3, -0.25) is 25.4 Å². The Bertz CT molecular complexity index is 666. The molecule has 2 heterocycles. The van der Waals surface area contributed by atoms with Gasteiger partial charge in [0.25, 0.3) is 11.8 Å². The van der Waals surface area contributed by atoms with Crippen LogP contribution in [-0.2, 0) is 0 Å². The van der Waals surface area contributed by atoms with Crippen LogP contribution in [0.2, 0.25) is 0 Å². The van der Waals surface area contributed by atoms with E-state index in [1.54, 1.807) is 18.2 Å². The van der Waals surface area contributed by atoms with Gasteiger partial charge >= 0.3 is 0 Å². The van der Waals surface area contributed by atoms with E-state index in [4.69, 9.17) is 5.73 Å². The fourth-order valence-corrected chi connectivity index (χ4v) is 1.94. The van der Waals surface area contributed by atoms with Crippen molar-refractivity contribution in [3.63, 3.8) is 0 Å². The first-order valence-electron chi connectivity index (χ1n) is 4.96. The number of nitrogens with two attached hydrogens (primary N) is 1. The average Bonchev–Trinajstić information content (AvgIpc) is 2.33. The Morgan fingerprint density at radius 3 is 2.88 bits per heavy atom. The maximum atomic E-state index is 11.6. The molecule has 2 aromatic rings. The first-order valence-corrected chi connectivity index (χ1v) is 4.96. The molecule has 84 valence electrons. The summed E-state index contributed by atoms with van der Waals surface area (Å²) in [6.45, 7) is 0. The first-order chi connectivity index (χ1) is 8.18. The zero-order valence-corrected chi connectivity index (χ0v) is 8.65. The molecule has 0 bridgehead atoms. The molecule has 0 unspecified atom stereocenters. The number of benzene rings is 1. The molecule has 6 nitrogen and oxygen atoms in total. The van der Waals surface area contributed by atoms with Gasteiger partial charge in [-0.05, 0) is 12.1 Å². The van der Waals surface area contributed by atoms with Crippen LogP contribution in [0.1, 0.15) is 20.7 Å². The van der Waals surface area contributed by atoms with Crippen LogP contribution in [-0.4, -0.2) is 16.8 Å². The summed E-state index contributed by atoms with van der Waals surface area (Å²) in [6, 6.07) is 5.19. The van der Waals surface area contributed by atoms with E-state index in [-0.39, 0.29) is 11.5 Å². The largest absolute Gasteiger partial charge is 0.365 e. The Morgan fingerprint density at radius 2 is 2.12 bits per heavy atom. The Balaban J connectivity index is 2.48. The highest BCUT2D eigenvalue weighted by molar-refractivity contribution is 6.17. The molecule has 0 spiro atoms. The number of amides is 2. The number of nitrogens with zero attached hydrogens (tertiary/aromatic N) is 1. The fourth-order valence-electron chi connectivity index (χ4n) is 1.94. The topological polar surface area (TPSA) is 97.1 Å². The average molecular weight is 228 g/mol. The van der Waals surface area contributed by atoms with Crippen molar-refractivity contribution in [2.75, 3.05) is 5.43 Å². The van der Waals surface area contributed by atoms with Crippen LogP contribution in [0.5, 0.6) is 0 Å². The molecule has 0 atom stereocenters. The molecular weight excluding hydrogens is 220 g/mol. The molecule has 3 rings (SSSR count).